The van der Waals surface area contributed by atoms with E-state index in [0.717, 1.165) is 17.4 Å². The fourth-order valence-electron chi connectivity index (χ4n) is 3.37. The van der Waals surface area contributed by atoms with Gasteiger partial charge in [0.05, 0.1) is 18.2 Å². The third-order valence-corrected chi connectivity index (χ3v) is 5.17. The predicted molar refractivity (Wildman–Crippen MR) is 118 cm³/mol. The van der Waals surface area contributed by atoms with Gasteiger partial charge in [0.15, 0.2) is 5.75 Å². The molecule has 0 aliphatic heterocycles. The molecular weight excluding hydrogens is 422 g/mol. The molecule has 0 spiro atoms. The maximum atomic E-state index is 12.4. The van der Waals surface area contributed by atoms with Crippen LogP contribution in [0.1, 0.15) is 6.92 Å². The van der Waals surface area contributed by atoms with Crippen LogP contribution < -0.4 is 15.0 Å². The summed E-state index contributed by atoms with van der Waals surface area (Å²) in [6, 6.07) is 12.3. The number of carbonyl (C=O) groups excluding carboxylic acids is 1. The summed E-state index contributed by atoms with van der Waals surface area (Å²) < 4.78 is 35.6. The second-order valence-corrected chi connectivity index (χ2v) is 8.61. The standard InChI is InChI=1S/C21H19N3O6S/c1-3-29-21(26)30-17-11-22-19-18(17)15-10-13(7-8-16(15)23-20(19)25)12-5-4-6-14(9-12)24-31(2,27)28/h4-11,22,24H,3H2,1-2H3,(H,23,25). The number of sulfonamides is 1. The number of pyridine rings is 1. The summed E-state index contributed by atoms with van der Waals surface area (Å²) in [7, 11) is -3.41. The van der Waals surface area contributed by atoms with Crippen molar-refractivity contribution in [1.29, 1.82) is 0 Å². The molecule has 31 heavy (non-hydrogen) atoms. The Labute approximate surface area is 177 Å². The lowest BCUT2D eigenvalue weighted by molar-refractivity contribution is 0.105. The Morgan fingerprint density at radius 1 is 1.13 bits per heavy atom. The molecule has 2 aromatic heterocycles. The van der Waals surface area contributed by atoms with Gasteiger partial charge in [0.25, 0.3) is 5.56 Å². The predicted octanol–water partition coefficient (Wildman–Crippen LogP) is 3.58. The smallest absolute Gasteiger partial charge is 0.434 e. The van der Waals surface area contributed by atoms with Gasteiger partial charge in [-0.25, -0.2) is 13.2 Å². The maximum Gasteiger partial charge on any atom is 0.513 e. The van der Waals surface area contributed by atoms with Gasteiger partial charge >= 0.3 is 6.16 Å². The minimum atomic E-state index is -3.41. The van der Waals surface area contributed by atoms with Crippen molar-refractivity contribution in [2.24, 2.45) is 0 Å². The fraction of sp³-hybridized carbons (Fsp3) is 0.143. The third kappa shape index (κ3) is 4.24. The molecule has 9 nitrogen and oxygen atoms in total. The molecule has 0 aliphatic carbocycles. The second kappa shape index (κ2) is 7.80. The molecule has 160 valence electrons. The van der Waals surface area contributed by atoms with E-state index in [2.05, 4.69) is 14.7 Å². The van der Waals surface area contributed by atoms with E-state index in [4.69, 9.17) is 9.47 Å². The lowest BCUT2D eigenvalue weighted by Crippen LogP contribution is -2.10. The minimum absolute atomic E-state index is 0.157. The lowest BCUT2D eigenvalue weighted by atomic mass is 10.0. The second-order valence-electron chi connectivity index (χ2n) is 6.86. The quantitative estimate of drug-likeness (QED) is 0.406. The topological polar surface area (TPSA) is 130 Å². The van der Waals surface area contributed by atoms with Crippen LogP contribution >= 0.6 is 0 Å². The van der Waals surface area contributed by atoms with Gasteiger partial charge in [0.2, 0.25) is 10.0 Å². The number of hydrogen-bond donors (Lipinski definition) is 3. The van der Waals surface area contributed by atoms with Gasteiger partial charge in [-0.15, -0.1) is 0 Å². The highest BCUT2D eigenvalue weighted by Gasteiger charge is 2.17. The number of fused-ring (bicyclic) bond motifs is 3. The Kier molecular flexibility index (Phi) is 5.15. The van der Waals surface area contributed by atoms with E-state index in [-0.39, 0.29) is 23.4 Å². The highest BCUT2D eigenvalue weighted by Crippen LogP contribution is 2.33. The van der Waals surface area contributed by atoms with Crippen molar-refractivity contribution < 1.29 is 22.7 Å². The van der Waals surface area contributed by atoms with Crippen molar-refractivity contribution in [2.45, 2.75) is 6.92 Å². The SMILES string of the molecule is CCOC(=O)Oc1c[nH]c2c(=O)[nH]c3ccc(-c4cccc(NS(C)(=O)=O)c4)cc3c12. The Balaban J connectivity index is 1.87. The first-order chi connectivity index (χ1) is 14.7. The van der Waals surface area contributed by atoms with Gasteiger partial charge in [0.1, 0.15) is 5.52 Å². The van der Waals surface area contributed by atoms with Gasteiger partial charge in [-0.1, -0.05) is 18.2 Å². The first-order valence-electron chi connectivity index (χ1n) is 9.35. The van der Waals surface area contributed by atoms with Crippen molar-refractivity contribution in [3.63, 3.8) is 0 Å². The molecule has 4 aromatic rings. The fourth-order valence-corrected chi connectivity index (χ4v) is 3.93. The first-order valence-corrected chi connectivity index (χ1v) is 11.2. The lowest BCUT2D eigenvalue weighted by Gasteiger charge is -2.09. The van der Waals surface area contributed by atoms with Crippen LogP contribution in [0.4, 0.5) is 10.5 Å². The van der Waals surface area contributed by atoms with E-state index in [1.165, 1.54) is 6.20 Å². The monoisotopic (exact) mass is 441 g/mol. The Morgan fingerprint density at radius 2 is 1.90 bits per heavy atom. The van der Waals surface area contributed by atoms with Gasteiger partial charge in [-0.3, -0.25) is 9.52 Å². The molecule has 0 amide bonds. The molecule has 2 heterocycles. The highest BCUT2D eigenvalue weighted by atomic mass is 32.2. The maximum absolute atomic E-state index is 12.4. The average molecular weight is 441 g/mol. The summed E-state index contributed by atoms with van der Waals surface area (Å²) in [6.45, 7) is 1.82. The molecule has 0 aliphatic rings. The summed E-state index contributed by atoms with van der Waals surface area (Å²) in [6.07, 6.45) is 1.65. The van der Waals surface area contributed by atoms with Crippen molar-refractivity contribution >= 4 is 43.7 Å². The first kappa shape index (κ1) is 20.5. The number of hydrogen-bond acceptors (Lipinski definition) is 6. The number of aromatic nitrogens is 2. The number of rotatable bonds is 5. The van der Waals surface area contributed by atoms with Crippen LogP contribution in [0.25, 0.3) is 32.9 Å². The van der Waals surface area contributed by atoms with Crippen LogP contribution in [0, 0.1) is 0 Å². The van der Waals surface area contributed by atoms with E-state index < -0.39 is 16.2 Å². The molecular formula is C21H19N3O6S. The molecule has 0 atom stereocenters. The molecule has 4 rings (SSSR count). The van der Waals surface area contributed by atoms with E-state index >= 15 is 0 Å². The van der Waals surface area contributed by atoms with Crippen LogP contribution in [0.5, 0.6) is 5.75 Å². The Morgan fingerprint density at radius 3 is 2.65 bits per heavy atom. The van der Waals surface area contributed by atoms with Crippen molar-refractivity contribution in [2.75, 3.05) is 17.6 Å². The summed E-state index contributed by atoms with van der Waals surface area (Å²) in [5.74, 6) is 0.175. The highest BCUT2D eigenvalue weighted by molar-refractivity contribution is 7.92. The molecule has 2 aromatic carbocycles. The molecule has 0 bridgehead atoms. The summed E-state index contributed by atoms with van der Waals surface area (Å²) in [5, 5.41) is 1.09. The Hall–Kier alpha value is -3.79. The zero-order valence-electron chi connectivity index (χ0n) is 16.7. The van der Waals surface area contributed by atoms with Gasteiger partial charge in [0, 0.05) is 22.8 Å². The normalized spacial score (nSPS) is 11.5. The molecule has 0 fully saturated rings. The number of anilines is 1. The number of carbonyl (C=O) groups is 1. The van der Waals surface area contributed by atoms with Gasteiger partial charge in [-0.05, 0) is 42.3 Å². The van der Waals surface area contributed by atoms with Crippen molar-refractivity contribution in [1.82, 2.24) is 9.97 Å². The largest absolute Gasteiger partial charge is 0.513 e. The van der Waals surface area contributed by atoms with Crippen LogP contribution in [-0.4, -0.2) is 37.4 Å². The molecule has 0 radical (unpaired) electrons. The van der Waals surface area contributed by atoms with E-state index in [1.807, 2.05) is 18.2 Å². The number of benzene rings is 2. The van der Waals surface area contributed by atoms with Gasteiger partial charge in [-0.2, -0.15) is 0 Å². The third-order valence-electron chi connectivity index (χ3n) is 4.56. The number of H-pyrrole nitrogens is 2. The van der Waals surface area contributed by atoms with Crippen LogP contribution in [-0.2, 0) is 14.8 Å². The summed E-state index contributed by atoms with van der Waals surface area (Å²) in [4.78, 5) is 29.9. The average Bonchev–Trinajstić information content (AvgIpc) is 3.11. The summed E-state index contributed by atoms with van der Waals surface area (Å²) >= 11 is 0. The number of aromatic amines is 2. The number of ether oxygens (including phenoxy) is 2. The van der Waals surface area contributed by atoms with Gasteiger partial charge < -0.3 is 19.4 Å². The molecule has 0 saturated carbocycles. The van der Waals surface area contributed by atoms with E-state index in [0.29, 0.717) is 22.0 Å². The van der Waals surface area contributed by atoms with Crippen LogP contribution in [0.3, 0.4) is 0 Å². The molecule has 0 unspecified atom stereocenters. The zero-order valence-corrected chi connectivity index (χ0v) is 17.5. The minimum Gasteiger partial charge on any atom is -0.434 e. The van der Waals surface area contributed by atoms with E-state index in [1.54, 1.807) is 31.2 Å². The molecule has 0 saturated heterocycles. The summed E-state index contributed by atoms with van der Waals surface area (Å²) in [5.41, 5.74) is 2.43. The molecule has 10 heteroatoms. The zero-order chi connectivity index (χ0) is 22.2. The van der Waals surface area contributed by atoms with Crippen LogP contribution in [0.15, 0.2) is 53.5 Å². The Bertz CT molecular complexity index is 1470. The van der Waals surface area contributed by atoms with E-state index in [9.17, 15) is 18.0 Å². The molecule has 3 N–H and O–H groups in total. The van der Waals surface area contributed by atoms with Crippen LogP contribution in [0.2, 0.25) is 0 Å². The van der Waals surface area contributed by atoms with Crippen molar-refractivity contribution in [3.05, 3.63) is 59.0 Å². The number of nitrogens with one attached hydrogen (secondary N) is 3. The van der Waals surface area contributed by atoms with Crippen molar-refractivity contribution in [3.8, 4) is 16.9 Å².